The van der Waals surface area contributed by atoms with Crippen molar-refractivity contribution in [3.63, 3.8) is 0 Å². The minimum Gasteiger partial charge on any atom is -0.372 e. The van der Waals surface area contributed by atoms with Crippen LogP contribution in [0.2, 0.25) is 0 Å². The van der Waals surface area contributed by atoms with Crippen molar-refractivity contribution in [2.45, 2.75) is 33.2 Å². The smallest absolute Gasteiger partial charge is 0.249 e. The van der Waals surface area contributed by atoms with Crippen molar-refractivity contribution in [1.29, 1.82) is 0 Å². The third-order valence-corrected chi connectivity index (χ3v) is 5.39. The lowest BCUT2D eigenvalue weighted by atomic mass is 9.99. The largest absolute Gasteiger partial charge is 0.372 e. The molecule has 0 atom stereocenters. The molecule has 150 valence electrons. The van der Waals surface area contributed by atoms with Gasteiger partial charge in [0.25, 0.3) is 0 Å². The number of benzene rings is 2. The van der Waals surface area contributed by atoms with Crippen LogP contribution in [0.25, 0.3) is 0 Å². The van der Waals surface area contributed by atoms with Crippen molar-refractivity contribution in [3.8, 4) is 0 Å². The zero-order valence-corrected chi connectivity index (χ0v) is 17.1. The second-order valence-corrected chi connectivity index (χ2v) is 7.85. The minimum atomic E-state index is 0.485. The van der Waals surface area contributed by atoms with E-state index in [0.29, 0.717) is 18.3 Å². The summed E-state index contributed by atoms with van der Waals surface area (Å²) < 4.78 is 0. The Morgan fingerprint density at radius 3 is 2.62 bits per heavy atom. The Hall–Kier alpha value is -3.15. The standard InChI is InChI=1S/C23H28N6/c1-17-10-12-29(13-11-17)21-8-6-20(7-9-21)26-23-27-22(16-25-28-23)24-15-19-5-3-4-18(2)14-19/h3-9,14,16-17H,10-13,15H2,1-2H3,(H2,24,26,27,28). The molecule has 2 aromatic carbocycles. The monoisotopic (exact) mass is 388 g/mol. The van der Waals surface area contributed by atoms with Crippen LogP contribution in [-0.4, -0.2) is 28.3 Å². The van der Waals surface area contributed by atoms with Crippen molar-refractivity contribution in [2.24, 2.45) is 5.92 Å². The van der Waals surface area contributed by atoms with Crippen LogP contribution < -0.4 is 15.5 Å². The number of nitrogens with zero attached hydrogens (tertiary/aromatic N) is 4. The first-order chi connectivity index (χ1) is 14.2. The van der Waals surface area contributed by atoms with Gasteiger partial charge in [0.1, 0.15) is 0 Å². The molecule has 2 N–H and O–H groups in total. The predicted molar refractivity (Wildman–Crippen MR) is 119 cm³/mol. The van der Waals surface area contributed by atoms with Crippen molar-refractivity contribution < 1.29 is 0 Å². The fraction of sp³-hybridized carbons (Fsp3) is 0.348. The van der Waals surface area contributed by atoms with Crippen molar-refractivity contribution >= 4 is 23.1 Å². The molecule has 1 aromatic heterocycles. The van der Waals surface area contributed by atoms with E-state index in [1.54, 1.807) is 6.20 Å². The Kier molecular flexibility index (Phi) is 5.89. The Morgan fingerprint density at radius 1 is 1.07 bits per heavy atom. The summed E-state index contributed by atoms with van der Waals surface area (Å²) in [4.78, 5) is 6.98. The second-order valence-electron chi connectivity index (χ2n) is 7.85. The van der Waals surface area contributed by atoms with E-state index in [-0.39, 0.29) is 0 Å². The minimum absolute atomic E-state index is 0.485. The Bertz CT molecular complexity index is 932. The average molecular weight is 389 g/mol. The van der Waals surface area contributed by atoms with E-state index in [2.05, 4.69) is 93.1 Å². The lowest BCUT2D eigenvalue weighted by molar-refractivity contribution is 0.438. The molecule has 6 heteroatoms. The van der Waals surface area contributed by atoms with Crippen molar-refractivity contribution in [2.75, 3.05) is 28.6 Å². The van der Waals surface area contributed by atoms with Gasteiger partial charge in [0.2, 0.25) is 5.95 Å². The van der Waals surface area contributed by atoms with E-state index in [0.717, 1.165) is 24.7 Å². The summed E-state index contributed by atoms with van der Waals surface area (Å²) in [6.07, 6.45) is 4.17. The molecule has 3 aromatic rings. The SMILES string of the molecule is Cc1cccc(CNc2cnnc(Nc3ccc(N4CCC(C)CC4)cc3)n2)c1. The zero-order chi connectivity index (χ0) is 20.1. The third kappa shape index (κ3) is 5.22. The first-order valence-electron chi connectivity index (χ1n) is 10.3. The number of rotatable bonds is 6. The summed E-state index contributed by atoms with van der Waals surface area (Å²) in [6, 6.07) is 16.9. The summed E-state index contributed by atoms with van der Waals surface area (Å²) in [7, 11) is 0. The van der Waals surface area contributed by atoms with Crippen LogP contribution in [0.4, 0.5) is 23.1 Å². The van der Waals surface area contributed by atoms with E-state index in [9.17, 15) is 0 Å². The van der Waals surface area contributed by atoms with E-state index in [1.807, 2.05) is 0 Å². The van der Waals surface area contributed by atoms with Gasteiger partial charge in [-0.05, 0) is 55.5 Å². The highest BCUT2D eigenvalue weighted by molar-refractivity contribution is 5.59. The number of aryl methyl sites for hydroxylation is 1. The quantitative estimate of drug-likeness (QED) is 0.634. The number of piperidine rings is 1. The summed E-state index contributed by atoms with van der Waals surface area (Å²) in [5.41, 5.74) is 4.68. The van der Waals surface area contributed by atoms with Gasteiger partial charge in [0.05, 0.1) is 6.20 Å². The number of nitrogens with one attached hydrogen (secondary N) is 2. The molecule has 0 aliphatic carbocycles. The van der Waals surface area contributed by atoms with Gasteiger partial charge >= 0.3 is 0 Å². The maximum absolute atomic E-state index is 4.52. The van der Waals surface area contributed by atoms with Crippen LogP contribution in [0.5, 0.6) is 0 Å². The third-order valence-electron chi connectivity index (χ3n) is 5.39. The Balaban J connectivity index is 1.36. The highest BCUT2D eigenvalue weighted by atomic mass is 15.3. The molecule has 0 saturated carbocycles. The van der Waals surface area contributed by atoms with Gasteiger partial charge in [0.15, 0.2) is 5.82 Å². The molecule has 4 rings (SSSR count). The number of hydrogen-bond acceptors (Lipinski definition) is 6. The van der Waals surface area contributed by atoms with Crippen LogP contribution in [0.15, 0.2) is 54.7 Å². The number of hydrogen-bond donors (Lipinski definition) is 2. The molecule has 29 heavy (non-hydrogen) atoms. The molecule has 1 saturated heterocycles. The molecule has 0 amide bonds. The maximum Gasteiger partial charge on any atom is 0.249 e. The van der Waals surface area contributed by atoms with E-state index in [1.165, 1.54) is 29.7 Å². The number of aromatic nitrogens is 3. The molecule has 1 aliphatic rings. The molecule has 0 radical (unpaired) electrons. The van der Waals surface area contributed by atoms with Gasteiger partial charge in [-0.3, -0.25) is 0 Å². The van der Waals surface area contributed by atoms with Gasteiger partial charge in [0, 0.05) is 31.0 Å². The molecule has 1 aliphatic heterocycles. The van der Waals surface area contributed by atoms with Crippen LogP contribution >= 0.6 is 0 Å². The Morgan fingerprint density at radius 2 is 1.86 bits per heavy atom. The lowest BCUT2D eigenvalue weighted by Crippen LogP contribution is -2.32. The van der Waals surface area contributed by atoms with E-state index >= 15 is 0 Å². The first-order valence-corrected chi connectivity index (χ1v) is 10.3. The van der Waals surface area contributed by atoms with Crippen LogP contribution in [-0.2, 0) is 6.54 Å². The normalized spacial score (nSPS) is 14.6. The summed E-state index contributed by atoms with van der Waals surface area (Å²) in [5, 5.41) is 14.7. The molecule has 0 bridgehead atoms. The van der Waals surface area contributed by atoms with Gasteiger partial charge in [-0.25, -0.2) is 0 Å². The van der Waals surface area contributed by atoms with Crippen LogP contribution in [0.1, 0.15) is 30.9 Å². The summed E-state index contributed by atoms with van der Waals surface area (Å²) in [6.45, 7) is 7.39. The molecule has 2 heterocycles. The van der Waals surface area contributed by atoms with Crippen LogP contribution in [0.3, 0.4) is 0 Å². The average Bonchev–Trinajstić information content (AvgIpc) is 2.74. The first kappa shape index (κ1) is 19.2. The predicted octanol–water partition coefficient (Wildman–Crippen LogP) is 4.77. The van der Waals surface area contributed by atoms with Gasteiger partial charge < -0.3 is 15.5 Å². The fourth-order valence-electron chi connectivity index (χ4n) is 3.61. The van der Waals surface area contributed by atoms with E-state index < -0.39 is 0 Å². The topological polar surface area (TPSA) is 66.0 Å². The van der Waals surface area contributed by atoms with Crippen molar-refractivity contribution in [1.82, 2.24) is 15.2 Å². The van der Waals surface area contributed by atoms with Crippen LogP contribution in [0, 0.1) is 12.8 Å². The molecule has 1 fully saturated rings. The molecule has 0 unspecified atom stereocenters. The summed E-state index contributed by atoms with van der Waals surface area (Å²) >= 11 is 0. The zero-order valence-electron chi connectivity index (χ0n) is 17.1. The fourth-order valence-corrected chi connectivity index (χ4v) is 3.61. The lowest BCUT2D eigenvalue weighted by Gasteiger charge is -2.32. The maximum atomic E-state index is 4.52. The van der Waals surface area contributed by atoms with Gasteiger partial charge in [-0.15, -0.1) is 5.10 Å². The van der Waals surface area contributed by atoms with E-state index in [4.69, 9.17) is 0 Å². The number of anilines is 4. The van der Waals surface area contributed by atoms with Gasteiger partial charge in [-0.2, -0.15) is 10.1 Å². The molecular weight excluding hydrogens is 360 g/mol. The van der Waals surface area contributed by atoms with Gasteiger partial charge in [-0.1, -0.05) is 36.8 Å². The second kappa shape index (κ2) is 8.90. The highest BCUT2D eigenvalue weighted by Crippen LogP contribution is 2.25. The Labute approximate surface area is 172 Å². The van der Waals surface area contributed by atoms with Crippen molar-refractivity contribution in [3.05, 3.63) is 65.9 Å². The molecular formula is C23H28N6. The molecule has 0 spiro atoms. The highest BCUT2D eigenvalue weighted by Gasteiger charge is 2.15. The summed E-state index contributed by atoms with van der Waals surface area (Å²) in [5.74, 6) is 2.02. The molecule has 6 nitrogen and oxygen atoms in total.